The van der Waals surface area contributed by atoms with Crippen molar-refractivity contribution < 1.29 is 9.53 Å². The second-order valence-corrected chi connectivity index (χ2v) is 4.68. The maximum atomic E-state index is 11.8. The van der Waals surface area contributed by atoms with Gasteiger partial charge in [0.15, 0.2) is 0 Å². The van der Waals surface area contributed by atoms with Crippen molar-refractivity contribution in [2.75, 3.05) is 5.32 Å². The van der Waals surface area contributed by atoms with E-state index in [1.54, 1.807) is 18.3 Å². The molecule has 0 saturated heterocycles. The Bertz CT molecular complexity index is 580. The van der Waals surface area contributed by atoms with Gasteiger partial charge in [0.05, 0.1) is 17.9 Å². The van der Waals surface area contributed by atoms with Crippen molar-refractivity contribution in [2.24, 2.45) is 5.73 Å². The smallest absolute Gasteiger partial charge is 0.241 e. The first kappa shape index (κ1) is 21.2. The Kier molecular flexibility index (Phi) is 9.97. The molecule has 0 bridgehead atoms. The first-order valence-corrected chi connectivity index (χ1v) is 6.94. The van der Waals surface area contributed by atoms with Gasteiger partial charge in [-0.25, -0.2) is 4.98 Å². The van der Waals surface area contributed by atoms with Gasteiger partial charge in [0.2, 0.25) is 11.8 Å². The number of rotatable bonds is 6. The van der Waals surface area contributed by atoms with Crippen molar-refractivity contribution >= 4 is 36.4 Å². The maximum absolute atomic E-state index is 11.8. The lowest BCUT2D eigenvalue weighted by atomic mass is 10.1. The van der Waals surface area contributed by atoms with Crippen LogP contribution in [0.5, 0.6) is 11.6 Å². The number of carbonyl (C=O) groups excluding carboxylic acids is 1. The summed E-state index contributed by atoms with van der Waals surface area (Å²) < 4.78 is 5.58. The minimum Gasteiger partial charge on any atom is -0.439 e. The molecule has 23 heavy (non-hydrogen) atoms. The topological polar surface area (TPSA) is 77.2 Å². The summed E-state index contributed by atoms with van der Waals surface area (Å²) in [6, 6.07) is 12.3. The minimum absolute atomic E-state index is 0. The number of amides is 1. The van der Waals surface area contributed by atoms with Gasteiger partial charge in [0.1, 0.15) is 5.75 Å². The van der Waals surface area contributed by atoms with E-state index < -0.39 is 6.04 Å². The van der Waals surface area contributed by atoms with Gasteiger partial charge in [-0.1, -0.05) is 31.5 Å². The molecule has 0 fully saturated rings. The number of hydrogen-bond acceptors (Lipinski definition) is 4. The first-order valence-electron chi connectivity index (χ1n) is 6.94. The van der Waals surface area contributed by atoms with E-state index in [0.717, 1.165) is 6.42 Å². The first-order chi connectivity index (χ1) is 10.2. The van der Waals surface area contributed by atoms with Crippen molar-refractivity contribution in [1.29, 1.82) is 0 Å². The highest BCUT2D eigenvalue weighted by Crippen LogP contribution is 2.19. The Hall–Kier alpha value is -1.82. The minimum atomic E-state index is -0.491. The number of halogens is 2. The molecule has 126 valence electrons. The lowest BCUT2D eigenvalue weighted by Crippen LogP contribution is -2.35. The number of aromatic nitrogens is 1. The molecule has 1 heterocycles. The summed E-state index contributed by atoms with van der Waals surface area (Å²) in [6.07, 6.45) is 3.08. The number of nitrogens with two attached hydrogens (primary N) is 1. The van der Waals surface area contributed by atoms with Gasteiger partial charge in [0, 0.05) is 6.07 Å². The lowest BCUT2D eigenvalue weighted by Gasteiger charge is -2.11. The number of ether oxygens (including phenoxy) is 1. The number of hydrogen-bond donors (Lipinski definition) is 2. The molecule has 0 aliphatic heterocycles. The fraction of sp³-hybridized carbons (Fsp3) is 0.250. The van der Waals surface area contributed by atoms with Crippen LogP contribution in [0, 0.1) is 0 Å². The van der Waals surface area contributed by atoms with Crippen LogP contribution in [-0.4, -0.2) is 16.9 Å². The van der Waals surface area contributed by atoms with Gasteiger partial charge >= 0.3 is 0 Å². The molecule has 5 nitrogen and oxygen atoms in total. The predicted octanol–water partition coefficient (Wildman–Crippen LogP) is 3.78. The van der Waals surface area contributed by atoms with Crippen molar-refractivity contribution in [1.82, 2.24) is 4.98 Å². The van der Waals surface area contributed by atoms with Crippen molar-refractivity contribution in [3.63, 3.8) is 0 Å². The molecule has 3 N–H and O–H groups in total. The van der Waals surface area contributed by atoms with E-state index in [1.165, 1.54) is 0 Å². The SMILES string of the molecule is CCCC(N)C(=O)Nc1ccc(Oc2ccccc2)nc1.Cl.Cl. The molecular weight excluding hydrogens is 337 g/mol. The van der Waals surface area contributed by atoms with Crippen molar-refractivity contribution in [3.8, 4) is 11.6 Å². The molecule has 1 aromatic heterocycles. The van der Waals surface area contributed by atoms with E-state index in [9.17, 15) is 4.79 Å². The summed E-state index contributed by atoms with van der Waals surface area (Å²) in [4.78, 5) is 15.9. The average molecular weight is 358 g/mol. The molecule has 1 amide bonds. The summed E-state index contributed by atoms with van der Waals surface area (Å²) >= 11 is 0. The molecule has 7 heteroatoms. The highest BCUT2D eigenvalue weighted by Gasteiger charge is 2.12. The Morgan fingerprint density at radius 1 is 1.22 bits per heavy atom. The molecular formula is C16H21Cl2N3O2. The quantitative estimate of drug-likeness (QED) is 0.824. The molecule has 2 rings (SSSR count). The van der Waals surface area contributed by atoms with E-state index in [-0.39, 0.29) is 30.7 Å². The Morgan fingerprint density at radius 2 is 1.91 bits per heavy atom. The molecule has 0 aliphatic carbocycles. The number of para-hydroxylation sites is 1. The summed E-state index contributed by atoms with van der Waals surface area (Å²) in [5.41, 5.74) is 6.35. The summed E-state index contributed by atoms with van der Waals surface area (Å²) in [7, 11) is 0. The Morgan fingerprint density at radius 3 is 2.48 bits per heavy atom. The fourth-order valence-electron chi connectivity index (χ4n) is 1.80. The van der Waals surface area contributed by atoms with Crippen LogP contribution < -0.4 is 15.8 Å². The molecule has 1 atom stereocenters. The molecule has 0 saturated carbocycles. The summed E-state index contributed by atoms with van der Waals surface area (Å²) in [5, 5.41) is 2.74. The third-order valence-electron chi connectivity index (χ3n) is 2.91. The Balaban J connectivity index is 0.00000242. The molecule has 1 unspecified atom stereocenters. The van der Waals surface area contributed by atoms with Crippen molar-refractivity contribution in [3.05, 3.63) is 48.7 Å². The van der Waals surface area contributed by atoms with Gasteiger partial charge in [-0.2, -0.15) is 0 Å². The van der Waals surface area contributed by atoms with Gasteiger partial charge in [-0.3, -0.25) is 4.79 Å². The second-order valence-electron chi connectivity index (χ2n) is 4.68. The van der Waals surface area contributed by atoms with Crippen LogP contribution in [0.1, 0.15) is 19.8 Å². The number of benzene rings is 1. The van der Waals surface area contributed by atoms with E-state index in [4.69, 9.17) is 10.5 Å². The van der Waals surface area contributed by atoms with Crippen molar-refractivity contribution in [2.45, 2.75) is 25.8 Å². The largest absolute Gasteiger partial charge is 0.439 e. The standard InChI is InChI=1S/C16H19N3O2.2ClH/c1-2-6-14(17)16(20)19-12-9-10-15(18-11-12)21-13-7-4-3-5-8-13;;/h3-5,7-11,14H,2,6,17H2,1H3,(H,19,20);2*1H. The average Bonchev–Trinajstić information content (AvgIpc) is 2.50. The van der Waals surface area contributed by atoms with Gasteiger partial charge in [-0.15, -0.1) is 24.8 Å². The lowest BCUT2D eigenvalue weighted by molar-refractivity contribution is -0.117. The molecule has 2 aromatic rings. The predicted molar refractivity (Wildman–Crippen MR) is 96.8 cm³/mol. The third kappa shape index (κ3) is 6.86. The fourth-order valence-corrected chi connectivity index (χ4v) is 1.80. The monoisotopic (exact) mass is 357 g/mol. The number of nitrogens with one attached hydrogen (secondary N) is 1. The number of anilines is 1. The zero-order chi connectivity index (χ0) is 15.1. The van der Waals surface area contributed by atoms with Gasteiger partial charge < -0.3 is 15.8 Å². The van der Waals surface area contributed by atoms with Gasteiger partial charge in [-0.05, 0) is 24.6 Å². The number of nitrogens with zero attached hydrogens (tertiary/aromatic N) is 1. The summed E-state index contributed by atoms with van der Waals surface area (Å²) in [5.74, 6) is 0.985. The molecule has 0 aliphatic rings. The zero-order valence-corrected chi connectivity index (χ0v) is 14.4. The molecule has 1 aromatic carbocycles. The van der Waals surface area contributed by atoms with Gasteiger partial charge in [0.25, 0.3) is 0 Å². The second kappa shape index (κ2) is 10.8. The maximum Gasteiger partial charge on any atom is 0.241 e. The van der Waals surface area contributed by atoms with E-state index in [2.05, 4.69) is 10.3 Å². The zero-order valence-electron chi connectivity index (χ0n) is 12.8. The summed E-state index contributed by atoms with van der Waals surface area (Å²) in [6.45, 7) is 1.99. The van der Waals surface area contributed by atoms with E-state index in [0.29, 0.717) is 23.7 Å². The van der Waals surface area contributed by atoms with Crippen LogP contribution in [-0.2, 0) is 4.79 Å². The molecule has 0 spiro atoms. The highest BCUT2D eigenvalue weighted by molar-refractivity contribution is 5.94. The van der Waals surface area contributed by atoms with Crippen LogP contribution in [0.3, 0.4) is 0 Å². The third-order valence-corrected chi connectivity index (χ3v) is 2.91. The van der Waals surface area contributed by atoms with Crippen LogP contribution >= 0.6 is 24.8 Å². The number of pyridine rings is 1. The van der Waals surface area contributed by atoms with Crippen LogP contribution in [0.2, 0.25) is 0 Å². The Labute approximate surface area is 148 Å². The highest BCUT2D eigenvalue weighted by atomic mass is 35.5. The van der Waals surface area contributed by atoms with Crippen LogP contribution in [0.4, 0.5) is 5.69 Å². The van der Waals surface area contributed by atoms with E-state index in [1.807, 2.05) is 37.3 Å². The van der Waals surface area contributed by atoms with E-state index >= 15 is 0 Å². The number of carbonyl (C=O) groups is 1. The van der Waals surface area contributed by atoms with Crippen LogP contribution in [0.15, 0.2) is 48.7 Å². The molecule has 0 radical (unpaired) electrons. The normalized spacial score (nSPS) is 10.7. The van der Waals surface area contributed by atoms with Crippen LogP contribution in [0.25, 0.3) is 0 Å².